The number of hydroxylamine groups is 1. The Morgan fingerprint density at radius 2 is 2.00 bits per heavy atom. The molecular formula is C22H24ClFN4O3S2. The van der Waals surface area contributed by atoms with Gasteiger partial charge in [-0.25, -0.2) is 14.2 Å². The van der Waals surface area contributed by atoms with Crippen molar-refractivity contribution in [2.75, 3.05) is 21.7 Å². The maximum Gasteiger partial charge on any atom is 0.441 e. The third-order valence-electron chi connectivity index (χ3n) is 4.11. The molecule has 0 aliphatic rings. The number of amides is 1. The summed E-state index contributed by atoms with van der Waals surface area (Å²) in [7, 11) is 1.59. The van der Waals surface area contributed by atoms with E-state index in [1.165, 1.54) is 27.8 Å². The van der Waals surface area contributed by atoms with Crippen LogP contribution in [0.25, 0.3) is 0 Å². The van der Waals surface area contributed by atoms with Crippen molar-refractivity contribution in [3.05, 3.63) is 69.8 Å². The SMILES string of the molecule is CN(SON(C(=O)OC(C)(C)C)c1cscn1)c1cc(Cl)c(NCc2ccccc2)cc1F. The lowest BCUT2D eigenvalue weighted by molar-refractivity contribution is 0.0457. The van der Waals surface area contributed by atoms with Crippen LogP contribution in [0.15, 0.2) is 53.4 Å². The highest BCUT2D eigenvalue weighted by atomic mass is 35.5. The number of carbonyl (C=O) groups excluding carboxylic acids is 1. The van der Waals surface area contributed by atoms with Crippen LogP contribution >= 0.6 is 35.2 Å². The van der Waals surface area contributed by atoms with Gasteiger partial charge in [0.25, 0.3) is 0 Å². The van der Waals surface area contributed by atoms with E-state index in [4.69, 9.17) is 20.6 Å². The highest BCUT2D eigenvalue weighted by Crippen LogP contribution is 2.34. The van der Waals surface area contributed by atoms with Crippen LogP contribution in [0.4, 0.5) is 26.4 Å². The summed E-state index contributed by atoms with van der Waals surface area (Å²) in [6, 6.07) is 12.5. The number of anilines is 3. The molecule has 176 valence electrons. The molecule has 1 aromatic heterocycles. The average molecular weight is 511 g/mol. The van der Waals surface area contributed by atoms with Crippen molar-refractivity contribution in [3.8, 4) is 0 Å². The Hall–Kier alpha value is -2.53. The van der Waals surface area contributed by atoms with Crippen molar-refractivity contribution >= 4 is 58.5 Å². The highest BCUT2D eigenvalue weighted by Gasteiger charge is 2.27. The molecule has 11 heteroatoms. The topological polar surface area (TPSA) is 66.9 Å². The summed E-state index contributed by atoms with van der Waals surface area (Å²) in [5.41, 5.74) is 2.53. The number of halogens is 2. The fraction of sp³-hybridized carbons (Fsp3) is 0.273. The van der Waals surface area contributed by atoms with E-state index in [2.05, 4.69) is 10.3 Å². The number of thiazole rings is 1. The molecule has 0 saturated carbocycles. The van der Waals surface area contributed by atoms with Crippen molar-refractivity contribution in [2.45, 2.75) is 32.9 Å². The Kier molecular flexibility index (Phi) is 8.41. The zero-order chi connectivity index (χ0) is 24.0. The number of carbonyl (C=O) groups is 1. The van der Waals surface area contributed by atoms with Crippen molar-refractivity contribution in [2.24, 2.45) is 0 Å². The molecule has 0 bridgehead atoms. The van der Waals surface area contributed by atoms with Gasteiger partial charge >= 0.3 is 6.09 Å². The van der Waals surface area contributed by atoms with Gasteiger partial charge in [-0.2, -0.15) is 4.28 Å². The van der Waals surface area contributed by atoms with Gasteiger partial charge in [0.1, 0.15) is 23.6 Å². The monoisotopic (exact) mass is 510 g/mol. The molecular weight excluding hydrogens is 487 g/mol. The van der Waals surface area contributed by atoms with Crippen LogP contribution in [-0.2, 0) is 15.6 Å². The second kappa shape index (κ2) is 11.1. The van der Waals surface area contributed by atoms with E-state index in [0.717, 1.165) is 22.9 Å². The molecule has 0 fully saturated rings. The molecule has 3 aromatic rings. The fourth-order valence-electron chi connectivity index (χ4n) is 2.60. The maximum absolute atomic E-state index is 14.9. The number of benzene rings is 2. The van der Waals surface area contributed by atoms with E-state index in [1.807, 2.05) is 30.3 Å². The van der Waals surface area contributed by atoms with Crippen molar-refractivity contribution in [1.82, 2.24) is 4.98 Å². The standard InChI is InChI=1S/C22H24ClFN4O3S2/c1-22(2,3)30-21(29)28(20-13-32-14-26-20)31-33-27(4)19-10-16(23)18(11-17(19)24)25-12-15-8-6-5-7-9-15/h5-11,13-14,25H,12H2,1-4H3. The first-order chi connectivity index (χ1) is 15.6. The van der Waals surface area contributed by atoms with Gasteiger partial charge in [0.15, 0.2) is 5.82 Å². The molecule has 0 unspecified atom stereocenters. The zero-order valence-corrected chi connectivity index (χ0v) is 20.9. The molecule has 0 atom stereocenters. The summed E-state index contributed by atoms with van der Waals surface area (Å²) in [6.07, 6.45) is -0.742. The number of aromatic nitrogens is 1. The number of ether oxygens (including phenoxy) is 1. The minimum atomic E-state index is -0.742. The predicted octanol–water partition coefficient (Wildman–Crippen LogP) is 6.92. The molecule has 0 radical (unpaired) electrons. The van der Waals surface area contributed by atoms with E-state index in [1.54, 1.807) is 38.7 Å². The van der Waals surface area contributed by atoms with Crippen LogP contribution in [0.1, 0.15) is 26.3 Å². The van der Waals surface area contributed by atoms with Crippen LogP contribution in [-0.4, -0.2) is 23.7 Å². The Bertz CT molecular complexity index is 1070. The van der Waals surface area contributed by atoms with Crippen molar-refractivity contribution < 1.29 is 18.2 Å². The van der Waals surface area contributed by atoms with Gasteiger partial charge < -0.3 is 10.1 Å². The second-order valence-corrected chi connectivity index (χ2v) is 9.86. The highest BCUT2D eigenvalue weighted by molar-refractivity contribution is 7.96. The molecule has 3 rings (SSSR count). The Morgan fingerprint density at radius 1 is 1.27 bits per heavy atom. The lowest BCUT2D eigenvalue weighted by atomic mass is 10.2. The number of nitrogens with one attached hydrogen (secondary N) is 1. The summed E-state index contributed by atoms with van der Waals surface area (Å²) in [5, 5.41) is 6.03. The molecule has 1 N–H and O–H groups in total. The van der Waals surface area contributed by atoms with Crippen LogP contribution < -0.4 is 14.7 Å². The number of hydrogen-bond acceptors (Lipinski definition) is 8. The van der Waals surface area contributed by atoms with Crippen LogP contribution in [0.3, 0.4) is 0 Å². The van der Waals surface area contributed by atoms with Crippen molar-refractivity contribution in [3.63, 3.8) is 0 Å². The molecule has 0 aliphatic heterocycles. The van der Waals surface area contributed by atoms with E-state index in [-0.39, 0.29) is 11.5 Å². The lowest BCUT2D eigenvalue weighted by Crippen LogP contribution is -2.36. The third kappa shape index (κ3) is 7.23. The van der Waals surface area contributed by atoms with Gasteiger partial charge in [-0.3, -0.25) is 4.31 Å². The minimum Gasteiger partial charge on any atom is -0.442 e. The van der Waals surface area contributed by atoms with Gasteiger partial charge in [0.05, 0.1) is 21.9 Å². The summed E-state index contributed by atoms with van der Waals surface area (Å²) in [4.78, 5) is 16.7. The van der Waals surface area contributed by atoms with Gasteiger partial charge in [-0.1, -0.05) is 41.9 Å². The molecule has 0 saturated heterocycles. The zero-order valence-electron chi connectivity index (χ0n) is 18.5. The number of rotatable bonds is 8. The first kappa shape index (κ1) is 25.1. The Morgan fingerprint density at radius 3 is 2.64 bits per heavy atom. The fourth-order valence-corrected chi connectivity index (χ4v) is 3.86. The van der Waals surface area contributed by atoms with E-state index < -0.39 is 17.5 Å². The number of hydrogen-bond donors (Lipinski definition) is 1. The van der Waals surface area contributed by atoms with Gasteiger partial charge in [0, 0.05) is 25.0 Å². The summed E-state index contributed by atoms with van der Waals surface area (Å²) in [5.74, 6) is -0.250. The summed E-state index contributed by atoms with van der Waals surface area (Å²) < 4.78 is 27.2. The maximum atomic E-state index is 14.9. The average Bonchev–Trinajstić information content (AvgIpc) is 3.28. The molecule has 1 amide bonds. The quantitative estimate of drug-likeness (QED) is 0.200. The molecule has 0 aliphatic carbocycles. The normalized spacial score (nSPS) is 11.2. The predicted molar refractivity (Wildman–Crippen MR) is 133 cm³/mol. The summed E-state index contributed by atoms with van der Waals surface area (Å²) in [6.45, 7) is 5.74. The van der Waals surface area contributed by atoms with E-state index in [9.17, 15) is 9.18 Å². The van der Waals surface area contributed by atoms with Crippen LogP contribution in [0, 0.1) is 5.82 Å². The first-order valence-corrected chi connectivity index (χ1v) is 11.9. The molecule has 33 heavy (non-hydrogen) atoms. The van der Waals surface area contributed by atoms with Crippen LogP contribution in [0.2, 0.25) is 5.02 Å². The lowest BCUT2D eigenvalue weighted by Gasteiger charge is -2.26. The Balaban J connectivity index is 1.68. The summed E-state index contributed by atoms with van der Waals surface area (Å²) >= 11 is 8.41. The molecule has 2 aromatic carbocycles. The van der Waals surface area contributed by atoms with Gasteiger partial charge in [0.2, 0.25) is 0 Å². The second-order valence-electron chi connectivity index (χ2n) is 7.89. The smallest absolute Gasteiger partial charge is 0.441 e. The van der Waals surface area contributed by atoms with Crippen LogP contribution in [0.5, 0.6) is 0 Å². The molecule has 1 heterocycles. The number of nitrogens with zero attached hydrogens (tertiary/aromatic N) is 3. The van der Waals surface area contributed by atoms with Gasteiger partial charge in [-0.15, -0.1) is 16.4 Å². The minimum absolute atomic E-state index is 0.178. The van der Waals surface area contributed by atoms with Gasteiger partial charge in [-0.05, 0) is 32.4 Å². The van der Waals surface area contributed by atoms with E-state index in [0.29, 0.717) is 17.3 Å². The molecule has 7 nitrogen and oxygen atoms in total. The third-order valence-corrected chi connectivity index (χ3v) is 5.63. The largest absolute Gasteiger partial charge is 0.442 e. The molecule has 0 spiro atoms. The van der Waals surface area contributed by atoms with Crippen molar-refractivity contribution in [1.29, 1.82) is 0 Å². The Labute approximate surface area is 205 Å². The first-order valence-electron chi connectivity index (χ1n) is 9.90. The van der Waals surface area contributed by atoms with E-state index >= 15 is 0 Å².